The van der Waals surface area contributed by atoms with Gasteiger partial charge in [0.05, 0.1) is 11.0 Å². The van der Waals surface area contributed by atoms with Crippen molar-refractivity contribution in [1.82, 2.24) is 9.80 Å². The average molecular weight is 322 g/mol. The first-order valence-electron chi connectivity index (χ1n) is 7.98. The predicted octanol–water partition coefficient (Wildman–Crippen LogP) is 1.73. The lowest BCUT2D eigenvalue weighted by atomic mass is 9.99. The van der Waals surface area contributed by atoms with E-state index in [1.807, 2.05) is 17.5 Å². The quantitative estimate of drug-likeness (QED) is 0.902. The number of amides is 2. The molecule has 0 aliphatic carbocycles. The highest BCUT2D eigenvalue weighted by molar-refractivity contribution is 7.12. The molecule has 0 radical (unpaired) electrons. The van der Waals surface area contributed by atoms with Gasteiger partial charge in [0.15, 0.2) is 0 Å². The Balaban J connectivity index is 1.74. The molecule has 5 nitrogen and oxygen atoms in total. The molecule has 1 aromatic rings. The lowest BCUT2D eigenvalue weighted by Gasteiger charge is -2.39. The molecule has 2 saturated heterocycles. The number of likely N-dealkylation sites (tertiary alicyclic amines) is 2. The first-order valence-corrected chi connectivity index (χ1v) is 8.86. The highest BCUT2D eigenvalue weighted by Gasteiger charge is 2.36. The van der Waals surface area contributed by atoms with Gasteiger partial charge in [-0.3, -0.25) is 9.59 Å². The topological polar surface area (TPSA) is 60.9 Å². The fourth-order valence-corrected chi connectivity index (χ4v) is 4.02. The molecule has 3 heterocycles. The van der Waals surface area contributed by atoms with Crippen LogP contribution in [0.4, 0.5) is 0 Å². The van der Waals surface area contributed by atoms with Gasteiger partial charge in [0.25, 0.3) is 5.91 Å². The Morgan fingerprint density at radius 3 is 2.77 bits per heavy atom. The van der Waals surface area contributed by atoms with Gasteiger partial charge in [-0.1, -0.05) is 6.07 Å². The van der Waals surface area contributed by atoms with E-state index in [1.54, 1.807) is 9.80 Å². The van der Waals surface area contributed by atoms with Crippen molar-refractivity contribution in [3.8, 4) is 0 Å². The van der Waals surface area contributed by atoms with E-state index in [1.165, 1.54) is 11.3 Å². The zero-order chi connectivity index (χ0) is 15.5. The minimum absolute atomic E-state index is 0.00311. The van der Waals surface area contributed by atoms with Crippen LogP contribution >= 0.6 is 11.3 Å². The SMILES string of the molecule is O=C(C1CCCCN1C(=O)c1cccs1)N1CCCC(O)C1. The summed E-state index contributed by atoms with van der Waals surface area (Å²) >= 11 is 1.42. The second kappa shape index (κ2) is 6.79. The molecule has 2 amide bonds. The van der Waals surface area contributed by atoms with Crippen molar-refractivity contribution in [2.45, 2.75) is 44.2 Å². The van der Waals surface area contributed by atoms with Crippen LogP contribution < -0.4 is 0 Å². The molecule has 2 aliphatic heterocycles. The summed E-state index contributed by atoms with van der Waals surface area (Å²) in [6.45, 7) is 1.73. The number of carbonyl (C=O) groups is 2. The van der Waals surface area contributed by atoms with E-state index < -0.39 is 6.10 Å². The molecule has 3 rings (SSSR count). The third kappa shape index (κ3) is 3.17. The van der Waals surface area contributed by atoms with Gasteiger partial charge >= 0.3 is 0 Å². The third-order valence-corrected chi connectivity index (χ3v) is 5.35. The first-order chi connectivity index (χ1) is 10.7. The minimum Gasteiger partial charge on any atom is -0.391 e. The van der Waals surface area contributed by atoms with Crippen LogP contribution in [0, 0.1) is 0 Å². The Bertz CT molecular complexity index is 532. The van der Waals surface area contributed by atoms with Gasteiger partial charge in [-0.2, -0.15) is 0 Å². The lowest BCUT2D eigenvalue weighted by molar-refractivity contribution is -0.140. The number of thiophene rings is 1. The van der Waals surface area contributed by atoms with Crippen LogP contribution in [-0.4, -0.2) is 58.5 Å². The lowest BCUT2D eigenvalue weighted by Crippen LogP contribution is -2.55. The molecule has 2 aliphatic rings. The second-order valence-corrected chi connectivity index (χ2v) is 7.02. The number of hydrogen-bond acceptors (Lipinski definition) is 4. The van der Waals surface area contributed by atoms with Crippen LogP contribution in [0.1, 0.15) is 41.8 Å². The van der Waals surface area contributed by atoms with Crippen molar-refractivity contribution in [2.75, 3.05) is 19.6 Å². The molecular weight excluding hydrogens is 300 g/mol. The molecule has 22 heavy (non-hydrogen) atoms. The number of piperidine rings is 2. The Labute approximate surface area is 134 Å². The van der Waals surface area contributed by atoms with Crippen LogP contribution in [0.5, 0.6) is 0 Å². The summed E-state index contributed by atoms with van der Waals surface area (Å²) in [6.07, 6.45) is 3.81. The standard InChI is InChI=1S/C16H22N2O3S/c19-12-5-3-8-17(11-12)15(20)13-6-1-2-9-18(13)16(21)14-7-4-10-22-14/h4,7,10,12-13,19H,1-3,5-6,8-9,11H2. The Kier molecular flexibility index (Phi) is 4.78. The van der Waals surface area contributed by atoms with Crippen molar-refractivity contribution in [3.63, 3.8) is 0 Å². The number of aliphatic hydroxyl groups is 1. The van der Waals surface area contributed by atoms with E-state index in [9.17, 15) is 14.7 Å². The summed E-state index contributed by atoms with van der Waals surface area (Å²) in [6, 6.07) is 3.31. The first kappa shape index (κ1) is 15.5. The maximum absolute atomic E-state index is 12.8. The summed E-state index contributed by atoms with van der Waals surface area (Å²) in [5, 5.41) is 11.7. The van der Waals surface area contributed by atoms with Crippen LogP contribution in [-0.2, 0) is 4.79 Å². The van der Waals surface area contributed by atoms with Gasteiger partial charge in [0.1, 0.15) is 6.04 Å². The van der Waals surface area contributed by atoms with Crippen LogP contribution in [0.3, 0.4) is 0 Å². The van der Waals surface area contributed by atoms with Gasteiger partial charge in [0, 0.05) is 19.6 Å². The molecule has 2 unspecified atom stereocenters. The normalized spacial score (nSPS) is 26.0. The highest BCUT2D eigenvalue weighted by atomic mass is 32.1. The molecule has 1 N–H and O–H groups in total. The Morgan fingerprint density at radius 1 is 1.18 bits per heavy atom. The fourth-order valence-electron chi connectivity index (χ4n) is 3.34. The molecule has 0 bridgehead atoms. The van der Waals surface area contributed by atoms with Gasteiger partial charge < -0.3 is 14.9 Å². The number of rotatable bonds is 2. The van der Waals surface area contributed by atoms with Crippen LogP contribution in [0.2, 0.25) is 0 Å². The predicted molar refractivity (Wildman–Crippen MR) is 84.8 cm³/mol. The van der Waals surface area contributed by atoms with Crippen LogP contribution in [0.25, 0.3) is 0 Å². The largest absolute Gasteiger partial charge is 0.391 e. The molecule has 2 atom stereocenters. The molecular formula is C16H22N2O3S. The van der Waals surface area contributed by atoms with E-state index in [0.29, 0.717) is 24.5 Å². The smallest absolute Gasteiger partial charge is 0.264 e. The zero-order valence-electron chi connectivity index (χ0n) is 12.6. The minimum atomic E-state index is -0.428. The number of hydrogen-bond donors (Lipinski definition) is 1. The maximum Gasteiger partial charge on any atom is 0.264 e. The molecule has 6 heteroatoms. The second-order valence-electron chi connectivity index (χ2n) is 6.07. The monoisotopic (exact) mass is 322 g/mol. The molecule has 0 spiro atoms. The molecule has 120 valence electrons. The molecule has 2 fully saturated rings. The summed E-state index contributed by atoms with van der Waals surface area (Å²) in [5.41, 5.74) is 0. The molecule has 1 aromatic heterocycles. The van der Waals surface area contributed by atoms with Crippen molar-refractivity contribution in [1.29, 1.82) is 0 Å². The van der Waals surface area contributed by atoms with E-state index in [4.69, 9.17) is 0 Å². The summed E-state index contributed by atoms with van der Waals surface area (Å²) in [4.78, 5) is 29.6. The number of nitrogens with zero attached hydrogens (tertiary/aromatic N) is 2. The van der Waals surface area contributed by atoms with Gasteiger partial charge in [-0.15, -0.1) is 11.3 Å². The van der Waals surface area contributed by atoms with Crippen molar-refractivity contribution < 1.29 is 14.7 Å². The number of carbonyl (C=O) groups excluding carboxylic acids is 2. The van der Waals surface area contributed by atoms with Crippen molar-refractivity contribution >= 4 is 23.2 Å². The zero-order valence-corrected chi connectivity index (χ0v) is 13.4. The number of aliphatic hydroxyl groups excluding tert-OH is 1. The Morgan fingerprint density at radius 2 is 2.05 bits per heavy atom. The average Bonchev–Trinajstić information content (AvgIpc) is 3.08. The van der Waals surface area contributed by atoms with E-state index in [-0.39, 0.29) is 17.9 Å². The van der Waals surface area contributed by atoms with E-state index in [0.717, 1.165) is 32.1 Å². The maximum atomic E-state index is 12.8. The van der Waals surface area contributed by atoms with Gasteiger partial charge in [-0.25, -0.2) is 0 Å². The van der Waals surface area contributed by atoms with Crippen molar-refractivity contribution in [2.24, 2.45) is 0 Å². The Hall–Kier alpha value is -1.40. The summed E-state index contributed by atoms with van der Waals surface area (Å²) in [7, 11) is 0. The molecule has 0 saturated carbocycles. The van der Waals surface area contributed by atoms with E-state index in [2.05, 4.69) is 0 Å². The summed E-state index contributed by atoms with van der Waals surface area (Å²) in [5.74, 6) is -0.0334. The third-order valence-electron chi connectivity index (χ3n) is 4.49. The van der Waals surface area contributed by atoms with Crippen molar-refractivity contribution in [3.05, 3.63) is 22.4 Å². The highest BCUT2D eigenvalue weighted by Crippen LogP contribution is 2.24. The number of β-amino-alcohol motifs (C(OH)–C–C–N with tert-alkyl or cyclic N) is 1. The van der Waals surface area contributed by atoms with Crippen LogP contribution in [0.15, 0.2) is 17.5 Å². The van der Waals surface area contributed by atoms with Gasteiger partial charge in [0.2, 0.25) is 5.91 Å². The molecule has 0 aromatic carbocycles. The van der Waals surface area contributed by atoms with E-state index >= 15 is 0 Å². The summed E-state index contributed by atoms with van der Waals surface area (Å²) < 4.78 is 0. The van der Waals surface area contributed by atoms with Gasteiger partial charge in [-0.05, 0) is 43.6 Å². The fraction of sp³-hybridized carbons (Fsp3) is 0.625.